The van der Waals surface area contributed by atoms with Crippen LogP contribution in [0.5, 0.6) is 0 Å². The van der Waals surface area contributed by atoms with Gasteiger partial charge in [0.1, 0.15) is 0 Å². The van der Waals surface area contributed by atoms with Crippen LogP contribution < -0.4 is 15.5 Å². The van der Waals surface area contributed by atoms with Crippen molar-refractivity contribution in [2.24, 2.45) is 0 Å². The van der Waals surface area contributed by atoms with E-state index in [1.165, 1.54) is 18.5 Å². The van der Waals surface area contributed by atoms with Crippen molar-refractivity contribution in [3.05, 3.63) is 30.3 Å². The molecule has 3 fully saturated rings. The molecule has 3 aliphatic rings. The van der Waals surface area contributed by atoms with E-state index in [-0.39, 0.29) is 30.3 Å². The zero-order chi connectivity index (χ0) is 17.9. The molecule has 2 aliphatic heterocycles. The lowest BCUT2D eigenvalue weighted by Gasteiger charge is -2.41. The topological polar surface area (TPSA) is 64.7 Å². The van der Waals surface area contributed by atoms with Crippen molar-refractivity contribution >= 4 is 17.5 Å². The van der Waals surface area contributed by atoms with Crippen LogP contribution >= 0.6 is 0 Å². The predicted octanol–water partition coefficient (Wildman–Crippen LogP) is 1.12. The highest BCUT2D eigenvalue weighted by atomic mass is 16.2. The van der Waals surface area contributed by atoms with Gasteiger partial charge in [0.05, 0.1) is 12.5 Å². The first kappa shape index (κ1) is 17.3. The molecule has 6 nitrogen and oxygen atoms in total. The number of nitrogens with one attached hydrogen (secondary N) is 2. The molecule has 0 bridgehead atoms. The van der Waals surface area contributed by atoms with Crippen molar-refractivity contribution in [2.45, 2.75) is 50.2 Å². The van der Waals surface area contributed by atoms with E-state index >= 15 is 0 Å². The first-order valence-electron chi connectivity index (χ1n) is 9.85. The fourth-order valence-corrected chi connectivity index (χ4v) is 4.43. The third-order valence-corrected chi connectivity index (χ3v) is 5.96. The molecule has 26 heavy (non-hydrogen) atoms. The Balaban J connectivity index is 1.29. The van der Waals surface area contributed by atoms with Gasteiger partial charge in [0.2, 0.25) is 11.8 Å². The molecule has 1 saturated carbocycles. The Bertz CT molecular complexity index is 642. The van der Waals surface area contributed by atoms with Gasteiger partial charge in [-0.25, -0.2) is 0 Å². The standard InChI is InChI=1S/C20H28N4O2/c25-19(14-18-20(26)22-17-9-5-4-8-16(17)21-18)24-12-10-23(11-13-24)15-6-2-1-3-7-15/h1-3,6-7,16-18,21H,4-5,8-14H2,(H,22,26). The summed E-state index contributed by atoms with van der Waals surface area (Å²) in [5.74, 6) is 0.0732. The highest BCUT2D eigenvalue weighted by molar-refractivity contribution is 5.89. The second kappa shape index (κ2) is 7.66. The molecule has 0 radical (unpaired) electrons. The maximum absolute atomic E-state index is 12.7. The summed E-state index contributed by atoms with van der Waals surface area (Å²) in [6, 6.07) is 10.5. The van der Waals surface area contributed by atoms with Gasteiger partial charge in [0.25, 0.3) is 0 Å². The second-order valence-electron chi connectivity index (χ2n) is 7.63. The molecule has 1 aliphatic carbocycles. The van der Waals surface area contributed by atoms with Crippen LogP contribution in [0.15, 0.2) is 30.3 Å². The summed E-state index contributed by atoms with van der Waals surface area (Å²) < 4.78 is 0. The van der Waals surface area contributed by atoms with Gasteiger partial charge in [-0.05, 0) is 25.0 Å². The SMILES string of the molecule is O=C1NC2CCCCC2NC1CC(=O)N1CCN(c2ccccc2)CC1. The Kier molecular flexibility index (Phi) is 5.11. The van der Waals surface area contributed by atoms with Gasteiger partial charge in [0.15, 0.2) is 0 Å². The third kappa shape index (κ3) is 3.70. The Morgan fingerprint density at radius 1 is 1.00 bits per heavy atom. The molecule has 2 amide bonds. The first-order valence-corrected chi connectivity index (χ1v) is 9.85. The van der Waals surface area contributed by atoms with Gasteiger partial charge in [0, 0.05) is 44.0 Å². The van der Waals surface area contributed by atoms with Crippen LogP contribution in [-0.4, -0.2) is 61.0 Å². The summed E-state index contributed by atoms with van der Waals surface area (Å²) in [6.07, 6.45) is 4.78. The number of anilines is 1. The van der Waals surface area contributed by atoms with Crippen molar-refractivity contribution < 1.29 is 9.59 Å². The largest absolute Gasteiger partial charge is 0.368 e. The Hall–Kier alpha value is -2.08. The van der Waals surface area contributed by atoms with Crippen LogP contribution in [0.2, 0.25) is 0 Å². The molecule has 6 heteroatoms. The number of carbonyl (C=O) groups is 2. The fraction of sp³-hybridized carbons (Fsp3) is 0.600. The van der Waals surface area contributed by atoms with Crippen LogP contribution in [0.4, 0.5) is 5.69 Å². The lowest BCUT2D eigenvalue weighted by atomic mass is 9.87. The first-order chi connectivity index (χ1) is 12.7. The normalized spacial score (nSPS) is 29.1. The highest BCUT2D eigenvalue weighted by Crippen LogP contribution is 2.23. The Morgan fingerprint density at radius 2 is 1.69 bits per heavy atom. The summed E-state index contributed by atoms with van der Waals surface area (Å²) in [7, 11) is 0. The zero-order valence-electron chi connectivity index (χ0n) is 15.2. The number of benzene rings is 1. The molecule has 4 rings (SSSR count). The number of hydrogen-bond donors (Lipinski definition) is 2. The maximum Gasteiger partial charge on any atom is 0.237 e. The smallest absolute Gasteiger partial charge is 0.237 e. The van der Waals surface area contributed by atoms with Crippen LogP contribution in [0.3, 0.4) is 0 Å². The van der Waals surface area contributed by atoms with Crippen LogP contribution in [0, 0.1) is 0 Å². The minimum atomic E-state index is -0.381. The van der Waals surface area contributed by atoms with Gasteiger partial charge in [-0.2, -0.15) is 0 Å². The van der Waals surface area contributed by atoms with E-state index in [0.29, 0.717) is 19.1 Å². The number of carbonyl (C=O) groups excluding carboxylic acids is 2. The van der Waals surface area contributed by atoms with Crippen molar-refractivity contribution in [1.29, 1.82) is 0 Å². The number of para-hydroxylation sites is 1. The van der Waals surface area contributed by atoms with E-state index in [9.17, 15) is 9.59 Å². The highest BCUT2D eigenvalue weighted by Gasteiger charge is 2.37. The van der Waals surface area contributed by atoms with Crippen molar-refractivity contribution in [1.82, 2.24) is 15.5 Å². The number of hydrogen-bond acceptors (Lipinski definition) is 4. The average Bonchev–Trinajstić information content (AvgIpc) is 2.69. The zero-order valence-corrected chi connectivity index (χ0v) is 15.2. The Labute approximate surface area is 154 Å². The van der Waals surface area contributed by atoms with Gasteiger partial charge in [-0.1, -0.05) is 31.0 Å². The van der Waals surface area contributed by atoms with Crippen molar-refractivity contribution in [2.75, 3.05) is 31.1 Å². The minimum absolute atomic E-state index is 0.00979. The molecule has 2 N–H and O–H groups in total. The third-order valence-electron chi connectivity index (χ3n) is 5.96. The van der Waals surface area contributed by atoms with E-state index in [2.05, 4.69) is 27.7 Å². The van der Waals surface area contributed by atoms with Crippen LogP contribution in [-0.2, 0) is 9.59 Å². The quantitative estimate of drug-likeness (QED) is 0.852. The van der Waals surface area contributed by atoms with Gasteiger partial charge < -0.3 is 20.4 Å². The van der Waals surface area contributed by atoms with Crippen molar-refractivity contribution in [3.63, 3.8) is 0 Å². The second-order valence-corrected chi connectivity index (χ2v) is 7.63. The van der Waals surface area contributed by atoms with Crippen LogP contribution in [0.1, 0.15) is 32.1 Å². The molecule has 3 atom stereocenters. The van der Waals surface area contributed by atoms with Gasteiger partial charge in [-0.3, -0.25) is 9.59 Å². The van der Waals surface area contributed by atoms with E-state index in [1.54, 1.807) is 0 Å². The molecule has 1 aromatic rings. The van der Waals surface area contributed by atoms with E-state index in [0.717, 1.165) is 25.9 Å². The number of fused-ring (bicyclic) bond motifs is 1. The number of rotatable bonds is 3. The molecule has 1 aromatic carbocycles. The van der Waals surface area contributed by atoms with Gasteiger partial charge >= 0.3 is 0 Å². The van der Waals surface area contributed by atoms with E-state index in [4.69, 9.17) is 0 Å². The molecule has 0 aromatic heterocycles. The van der Waals surface area contributed by atoms with Crippen molar-refractivity contribution in [3.8, 4) is 0 Å². The summed E-state index contributed by atoms with van der Waals surface area (Å²) in [6.45, 7) is 3.11. The molecule has 2 heterocycles. The number of amides is 2. The molecule has 2 saturated heterocycles. The molecule has 3 unspecified atom stereocenters. The molecular weight excluding hydrogens is 328 g/mol. The lowest BCUT2D eigenvalue weighted by molar-refractivity contribution is -0.136. The van der Waals surface area contributed by atoms with E-state index in [1.807, 2.05) is 23.1 Å². The summed E-state index contributed by atoms with van der Waals surface area (Å²) in [5.41, 5.74) is 1.20. The maximum atomic E-state index is 12.7. The van der Waals surface area contributed by atoms with E-state index < -0.39 is 0 Å². The monoisotopic (exact) mass is 356 g/mol. The van der Waals surface area contributed by atoms with Gasteiger partial charge in [-0.15, -0.1) is 0 Å². The molecular formula is C20H28N4O2. The summed E-state index contributed by atoms with van der Waals surface area (Å²) >= 11 is 0. The summed E-state index contributed by atoms with van der Waals surface area (Å²) in [5, 5.41) is 6.56. The van der Waals surface area contributed by atoms with Crippen LogP contribution in [0.25, 0.3) is 0 Å². The predicted molar refractivity (Wildman–Crippen MR) is 101 cm³/mol. The minimum Gasteiger partial charge on any atom is -0.368 e. The summed E-state index contributed by atoms with van der Waals surface area (Å²) in [4.78, 5) is 29.3. The number of piperazine rings is 2. The average molecular weight is 356 g/mol. The number of nitrogens with zero attached hydrogens (tertiary/aromatic N) is 2. The lowest BCUT2D eigenvalue weighted by Crippen LogP contribution is -2.65. The Morgan fingerprint density at radius 3 is 2.42 bits per heavy atom. The fourth-order valence-electron chi connectivity index (χ4n) is 4.43. The molecule has 0 spiro atoms. The molecule has 140 valence electrons.